The van der Waals surface area contributed by atoms with Crippen LogP contribution < -0.4 is 0 Å². The first kappa shape index (κ1) is 18.3. The Balaban J connectivity index is 1.78. The number of ketones is 1. The number of nitrogens with zero attached hydrogens (tertiary/aromatic N) is 2. The molecule has 0 radical (unpaired) electrons. The fourth-order valence-electron chi connectivity index (χ4n) is 3.41. The second-order valence-electron chi connectivity index (χ2n) is 7.09. The highest BCUT2D eigenvalue weighted by atomic mass is 16.2. The summed E-state index contributed by atoms with van der Waals surface area (Å²) in [7, 11) is 4.12. The van der Waals surface area contributed by atoms with E-state index in [9.17, 15) is 9.59 Å². The van der Waals surface area contributed by atoms with E-state index in [1.165, 1.54) is 0 Å². The molecular formula is C22H26N2O2. The molecule has 0 spiro atoms. The van der Waals surface area contributed by atoms with Crippen LogP contribution in [-0.2, 0) is 0 Å². The van der Waals surface area contributed by atoms with Crippen molar-refractivity contribution < 1.29 is 9.59 Å². The van der Waals surface area contributed by atoms with Crippen molar-refractivity contribution in [1.82, 2.24) is 9.80 Å². The zero-order valence-corrected chi connectivity index (χ0v) is 15.7. The van der Waals surface area contributed by atoms with E-state index in [0.717, 1.165) is 41.8 Å². The van der Waals surface area contributed by atoms with Crippen LogP contribution in [0.25, 0.3) is 11.1 Å². The van der Waals surface area contributed by atoms with E-state index in [-0.39, 0.29) is 11.7 Å². The third-order valence-electron chi connectivity index (χ3n) is 5.15. The van der Waals surface area contributed by atoms with Crippen molar-refractivity contribution in [2.45, 2.75) is 25.8 Å². The molecular weight excluding hydrogens is 324 g/mol. The molecule has 1 atom stereocenters. The van der Waals surface area contributed by atoms with Crippen molar-refractivity contribution >= 4 is 11.7 Å². The highest BCUT2D eigenvalue weighted by Gasteiger charge is 2.28. The Hall–Kier alpha value is -2.46. The molecule has 1 aliphatic rings. The van der Waals surface area contributed by atoms with Crippen LogP contribution in [0.4, 0.5) is 0 Å². The van der Waals surface area contributed by atoms with E-state index in [2.05, 4.69) is 19.0 Å². The molecule has 0 saturated carbocycles. The molecule has 1 amide bonds. The van der Waals surface area contributed by atoms with E-state index in [1.54, 1.807) is 0 Å². The minimum absolute atomic E-state index is 0.0916. The molecule has 0 aliphatic carbocycles. The second-order valence-corrected chi connectivity index (χ2v) is 7.09. The fraction of sp³-hybridized carbons (Fsp3) is 0.364. The Morgan fingerprint density at radius 2 is 1.77 bits per heavy atom. The van der Waals surface area contributed by atoms with Crippen LogP contribution in [-0.4, -0.2) is 54.7 Å². The second kappa shape index (κ2) is 7.83. The van der Waals surface area contributed by atoms with Crippen LogP contribution in [0.15, 0.2) is 48.5 Å². The lowest BCUT2D eigenvalue weighted by Crippen LogP contribution is -2.34. The number of hydrogen-bond acceptors (Lipinski definition) is 3. The first-order chi connectivity index (χ1) is 12.5. The summed E-state index contributed by atoms with van der Waals surface area (Å²) >= 11 is 0. The Labute approximate surface area is 155 Å². The number of carbonyl (C=O) groups is 2. The van der Waals surface area contributed by atoms with Gasteiger partial charge in [-0.25, -0.2) is 0 Å². The van der Waals surface area contributed by atoms with Crippen molar-refractivity contribution in [3.05, 3.63) is 59.7 Å². The molecule has 4 nitrogen and oxygen atoms in total. The Morgan fingerprint density at radius 3 is 2.38 bits per heavy atom. The summed E-state index contributed by atoms with van der Waals surface area (Å²) < 4.78 is 0. The molecule has 136 valence electrons. The molecule has 0 N–H and O–H groups in total. The van der Waals surface area contributed by atoms with E-state index < -0.39 is 0 Å². The smallest absolute Gasteiger partial charge is 0.253 e. The molecule has 1 aliphatic heterocycles. The zero-order chi connectivity index (χ0) is 18.7. The molecule has 0 bridgehead atoms. The Morgan fingerprint density at radius 1 is 1.04 bits per heavy atom. The molecule has 1 fully saturated rings. The first-order valence-electron chi connectivity index (χ1n) is 9.19. The molecule has 1 saturated heterocycles. The van der Waals surface area contributed by atoms with Crippen LogP contribution in [0.3, 0.4) is 0 Å². The standard InChI is InChI=1S/C22H26N2O2/c1-4-21(25)17-10-8-16(9-11-17)18-6-5-7-19(14-18)22(26)24-13-12-20(15-24)23(2)3/h5-11,14,20H,4,12-13,15H2,1-3H3. The number of rotatable bonds is 5. The molecule has 26 heavy (non-hydrogen) atoms. The molecule has 2 aromatic rings. The highest BCUT2D eigenvalue weighted by Crippen LogP contribution is 2.23. The summed E-state index contributed by atoms with van der Waals surface area (Å²) in [4.78, 5) is 28.7. The van der Waals surface area contributed by atoms with Crippen molar-refractivity contribution in [2.24, 2.45) is 0 Å². The van der Waals surface area contributed by atoms with Crippen LogP contribution in [0.2, 0.25) is 0 Å². The maximum Gasteiger partial charge on any atom is 0.253 e. The number of Topliss-reactive ketones (excluding diaryl/α,β-unsaturated/α-hetero) is 1. The largest absolute Gasteiger partial charge is 0.337 e. The van der Waals surface area contributed by atoms with Gasteiger partial charge in [0.15, 0.2) is 5.78 Å². The number of hydrogen-bond donors (Lipinski definition) is 0. The summed E-state index contributed by atoms with van der Waals surface area (Å²) in [5, 5.41) is 0. The summed E-state index contributed by atoms with van der Waals surface area (Å²) in [5.74, 6) is 0.235. The number of benzene rings is 2. The van der Waals surface area contributed by atoms with Gasteiger partial charge in [0.1, 0.15) is 0 Å². The number of likely N-dealkylation sites (N-methyl/N-ethyl adjacent to an activating group) is 1. The van der Waals surface area contributed by atoms with E-state index in [4.69, 9.17) is 0 Å². The third-order valence-corrected chi connectivity index (χ3v) is 5.15. The van der Waals surface area contributed by atoms with E-state index >= 15 is 0 Å². The van der Waals surface area contributed by atoms with Gasteiger partial charge in [-0.3, -0.25) is 9.59 Å². The topological polar surface area (TPSA) is 40.6 Å². The van der Waals surface area contributed by atoms with Gasteiger partial charge in [0.25, 0.3) is 5.91 Å². The van der Waals surface area contributed by atoms with Gasteiger partial charge in [-0.05, 0) is 43.8 Å². The van der Waals surface area contributed by atoms with Gasteiger partial charge >= 0.3 is 0 Å². The lowest BCUT2D eigenvalue weighted by Gasteiger charge is -2.20. The van der Waals surface area contributed by atoms with Crippen molar-refractivity contribution in [3.63, 3.8) is 0 Å². The van der Waals surface area contributed by atoms with Crippen molar-refractivity contribution in [3.8, 4) is 11.1 Å². The van der Waals surface area contributed by atoms with E-state index in [0.29, 0.717) is 12.5 Å². The summed E-state index contributed by atoms with van der Waals surface area (Å²) in [6.07, 6.45) is 1.53. The normalized spacial score (nSPS) is 16.9. The predicted octanol–water partition coefficient (Wildman–Crippen LogP) is 3.72. The SMILES string of the molecule is CCC(=O)c1ccc(-c2cccc(C(=O)N3CCC(N(C)C)C3)c2)cc1. The van der Waals surface area contributed by atoms with Gasteiger partial charge in [0, 0.05) is 36.7 Å². The molecule has 1 unspecified atom stereocenters. The van der Waals surface area contributed by atoms with Crippen LogP contribution in [0, 0.1) is 0 Å². The molecule has 1 heterocycles. The third kappa shape index (κ3) is 3.86. The Bertz CT molecular complexity index is 796. The minimum Gasteiger partial charge on any atom is -0.337 e. The van der Waals surface area contributed by atoms with Gasteiger partial charge in [-0.1, -0.05) is 43.3 Å². The maximum atomic E-state index is 12.8. The fourth-order valence-corrected chi connectivity index (χ4v) is 3.41. The minimum atomic E-state index is 0.0916. The average molecular weight is 350 g/mol. The molecule has 3 rings (SSSR count). The number of carbonyl (C=O) groups excluding carboxylic acids is 2. The predicted molar refractivity (Wildman–Crippen MR) is 104 cm³/mol. The lowest BCUT2D eigenvalue weighted by molar-refractivity contribution is 0.0783. The highest BCUT2D eigenvalue weighted by molar-refractivity contribution is 5.97. The molecule has 2 aromatic carbocycles. The van der Waals surface area contributed by atoms with Crippen molar-refractivity contribution in [1.29, 1.82) is 0 Å². The lowest BCUT2D eigenvalue weighted by atomic mass is 10.00. The average Bonchev–Trinajstić information content (AvgIpc) is 3.17. The van der Waals surface area contributed by atoms with Gasteiger partial charge < -0.3 is 9.80 Å². The monoisotopic (exact) mass is 350 g/mol. The molecule has 4 heteroatoms. The van der Waals surface area contributed by atoms with Crippen LogP contribution in [0.1, 0.15) is 40.5 Å². The maximum absolute atomic E-state index is 12.8. The van der Waals surface area contributed by atoms with Gasteiger partial charge in [0.2, 0.25) is 0 Å². The first-order valence-corrected chi connectivity index (χ1v) is 9.19. The zero-order valence-electron chi connectivity index (χ0n) is 15.7. The van der Waals surface area contributed by atoms with Crippen molar-refractivity contribution in [2.75, 3.05) is 27.2 Å². The summed E-state index contributed by atoms with van der Waals surface area (Å²) in [6.45, 7) is 3.45. The van der Waals surface area contributed by atoms with Crippen LogP contribution >= 0.6 is 0 Å². The van der Waals surface area contributed by atoms with Gasteiger partial charge in [-0.2, -0.15) is 0 Å². The van der Waals surface area contributed by atoms with E-state index in [1.807, 2.05) is 60.4 Å². The number of amides is 1. The summed E-state index contributed by atoms with van der Waals surface area (Å²) in [5.41, 5.74) is 3.46. The number of likely N-dealkylation sites (tertiary alicyclic amines) is 1. The Kier molecular flexibility index (Phi) is 5.52. The molecule has 0 aromatic heterocycles. The summed E-state index contributed by atoms with van der Waals surface area (Å²) in [6, 6.07) is 15.8. The van der Waals surface area contributed by atoms with Crippen LogP contribution in [0.5, 0.6) is 0 Å². The van der Waals surface area contributed by atoms with Gasteiger partial charge in [0.05, 0.1) is 0 Å². The quantitative estimate of drug-likeness (QED) is 0.772. The van der Waals surface area contributed by atoms with Gasteiger partial charge in [-0.15, -0.1) is 0 Å².